The Kier molecular flexibility index (Phi) is 5.83. The first kappa shape index (κ1) is 19.3. The standard InChI is InChI=1S/C19H21N5O4/c1-13(25)23-7-9-24(10-8-23)18(26)16-11-17(21-12-20-16)22-15-6-4-3-5-14(15)19(27)28-2/h3-6,11-12H,7-10H2,1-2H3,(H,20,21,22). The van der Waals surface area contributed by atoms with E-state index >= 15 is 0 Å². The number of esters is 1. The van der Waals surface area contributed by atoms with Crippen molar-refractivity contribution in [2.45, 2.75) is 6.92 Å². The number of anilines is 2. The Balaban J connectivity index is 1.74. The molecule has 0 atom stereocenters. The van der Waals surface area contributed by atoms with Crippen LogP contribution in [-0.4, -0.2) is 70.8 Å². The third-order valence-corrected chi connectivity index (χ3v) is 4.49. The van der Waals surface area contributed by atoms with Crippen molar-refractivity contribution in [3.05, 3.63) is 47.9 Å². The molecule has 1 aromatic heterocycles. The third-order valence-electron chi connectivity index (χ3n) is 4.49. The van der Waals surface area contributed by atoms with Crippen LogP contribution < -0.4 is 5.32 Å². The molecule has 1 aromatic carbocycles. The normalized spacial score (nSPS) is 13.8. The van der Waals surface area contributed by atoms with Gasteiger partial charge in [0.25, 0.3) is 5.91 Å². The minimum absolute atomic E-state index is 0.00453. The van der Waals surface area contributed by atoms with E-state index in [1.165, 1.54) is 26.4 Å². The number of piperazine rings is 1. The first-order valence-corrected chi connectivity index (χ1v) is 8.81. The summed E-state index contributed by atoms with van der Waals surface area (Å²) in [6.45, 7) is 3.44. The fourth-order valence-electron chi connectivity index (χ4n) is 2.95. The lowest BCUT2D eigenvalue weighted by Gasteiger charge is -2.34. The van der Waals surface area contributed by atoms with Crippen LogP contribution in [0, 0.1) is 0 Å². The summed E-state index contributed by atoms with van der Waals surface area (Å²) >= 11 is 0. The number of hydrogen-bond donors (Lipinski definition) is 1. The van der Waals surface area contributed by atoms with Gasteiger partial charge in [-0.05, 0) is 12.1 Å². The van der Waals surface area contributed by atoms with Crippen LogP contribution in [0.5, 0.6) is 0 Å². The van der Waals surface area contributed by atoms with Gasteiger partial charge in [-0.25, -0.2) is 14.8 Å². The largest absolute Gasteiger partial charge is 0.465 e. The highest BCUT2D eigenvalue weighted by molar-refractivity contribution is 5.97. The predicted molar refractivity (Wildman–Crippen MR) is 101 cm³/mol. The van der Waals surface area contributed by atoms with Crippen LogP contribution in [0.25, 0.3) is 0 Å². The highest BCUT2D eigenvalue weighted by Crippen LogP contribution is 2.21. The van der Waals surface area contributed by atoms with E-state index in [4.69, 9.17) is 4.74 Å². The number of ether oxygens (including phenoxy) is 1. The predicted octanol–water partition coefficient (Wildman–Crippen LogP) is 1.31. The molecule has 2 aromatic rings. The average molecular weight is 383 g/mol. The molecule has 1 aliphatic heterocycles. The van der Waals surface area contributed by atoms with Gasteiger partial charge in [0.2, 0.25) is 5.91 Å². The Hall–Kier alpha value is -3.49. The Morgan fingerprint density at radius 3 is 2.39 bits per heavy atom. The van der Waals surface area contributed by atoms with E-state index in [2.05, 4.69) is 15.3 Å². The zero-order valence-electron chi connectivity index (χ0n) is 15.7. The van der Waals surface area contributed by atoms with E-state index in [-0.39, 0.29) is 17.5 Å². The number of para-hydroxylation sites is 1. The van der Waals surface area contributed by atoms with Gasteiger partial charge in [0.15, 0.2) is 0 Å². The van der Waals surface area contributed by atoms with Crippen molar-refractivity contribution >= 4 is 29.3 Å². The van der Waals surface area contributed by atoms with Crippen LogP contribution in [0.1, 0.15) is 27.8 Å². The molecule has 1 aliphatic rings. The summed E-state index contributed by atoms with van der Waals surface area (Å²) in [6, 6.07) is 8.39. The van der Waals surface area contributed by atoms with Crippen LogP contribution in [0.3, 0.4) is 0 Å². The van der Waals surface area contributed by atoms with Crippen LogP contribution in [0.4, 0.5) is 11.5 Å². The van der Waals surface area contributed by atoms with Gasteiger partial charge in [-0.3, -0.25) is 9.59 Å². The number of amides is 2. The number of methoxy groups -OCH3 is 1. The van der Waals surface area contributed by atoms with Crippen LogP contribution >= 0.6 is 0 Å². The summed E-state index contributed by atoms with van der Waals surface area (Å²) in [5.41, 5.74) is 1.11. The van der Waals surface area contributed by atoms with Crippen molar-refractivity contribution in [3.8, 4) is 0 Å². The number of aromatic nitrogens is 2. The maximum absolute atomic E-state index is 12.7. The van der Waals surface area contributed by atoms with Gasteiger partial charge in [0.05, 0.1) is 18.4 Å². The molecule has 3 rings (SSSR count). The minimum Gasteiger partial charge on any atom is -0.465 e. The van der Waals surface area contributed by atoms with E-state index < -0.39 is 5.97 Å². The maximum Gasteiger partial charge on any atom is 0.339 e. The molecule has 1 N–H and O–H groups in total. The second-order valence-electron chi connectivity index (χ2n) is 6.25. The molecule has 9 heteroatoms. The number of benzene rings is 1. The monoisotopic (exact) mass is 383 g/mol. The molecule has 0 aliphatic carbocycles. The quantitative estimate of drug-likeness (QED) is 0.794. The lowest BCUT2D eigenvalue weighted by molar-refractivity contribution is -0.130. The summed E-state index contributed by atoms with van der Waals surface area (Å²) in [5.74, 6) is -0.311. The molecule has 0 bridgehead atoms. The molecule has 2 heterocycles. The second kappa shape index (κ2) is 8.47. The molecule has 1 saturated heterocycles. The molecule has 9 nitrogen and oxygen atoms in total. The number of carbonyl (C=O) groups excluding carboxylic acids is 3. The molecule has 0 unspecified atom stereocenters. The zero-order chi connectivity index (χ0) is 20.1. The fourth-order valence-corrected chi connectivity index (χ4v) is 2.95. The number of nitrogens with one attached hydrogen (secondary N) is 1. The summed E-state index contributed by atoms with van der Waals surface area (Å²) in [6.07, 6.45) is 1.29. The van der Waals surface area contributed by atoms with Gasteiger partial charge in [0.1, 0.15) is 17.8 Å². The number of carbonyl (C=O) groups is 3. The molecule has 2 amide bonds. The number of nitrogens with zero attached hydrogens (tertiary/aromatic N) is 4. The Labute approximate surface area is 162 Å². The van der Waals surface area contributed by atoms with Crippen molar-refractivity contribution in [2.75, 3.05) is 38.6 Å². The Morgan fingerprint density at radius 2 is 1.71 bits per heavy atom. The molecule has 0 saturated carbocycles. The summed E-state index contributed by atoms with van der Waals surface area (Å²) in [7, 11) is 1.31. The van der Waals surface area contributed by atoms with Crippen LogP contribution in [0.15, 0.2) is 36.7 Å². The van der Waals surface area contributed by atoms with E-state index in [0.29, 0.717) is 43.2 Å². The minimum atomic E-state index is -0.475. The van der Waals surface area contributed by atoms with E-state index in [9.17, 15) is 14.4 Å². The molecule has 1 fully saturated rings. The Bertz CT molecular complexity index is 893. The molecule has 28 heavy (non-hydrogen) atoms. The van der Waals surface area contributed by atoms with E-state index in [0.717, 1.165) is 0 Å². The third kappa shape index (κ3) is 4.25. The van der Waals surface area contributed by atoms with Crippen molar-refractivity contribution in [1.82, 2.24) is 19.8 Å². The van der Waals surface area contributed by atoms with Crippen molar-refractivity contribution in [2.24, 2.45) is 0 Å². The van der Waals surface area contributed by atoms with Crippen molar-refractivity contribution < 1.29 is 19.1 Å². The van der Waals surface area contributed by atoms with Crippen LogP contribution in [-0.2, 0) is 9.53 Å². The molecular weight excluding hydrogens is 362 g/mol. The molecule has 0 radical (unpaired) electrons. The van der Waals surface area contributed by atoms with Gasteiger partial charge in [-0.15, -0.1) is 0 Å². The van der Waals surface area contributed by atoms with E-state index in [1.807, 2.05) is 0 Å². The number of hydrogen-bond acceptors (Lipinski definition) is 7. The zero-order valence-corrected chi connectivity index (χ0v) is 15.7. The lowest BCUT2D eigenvalue weighted by atomic mass is 10.2. The summed E-state index contributed by atoms with van der Waals surface area (Å²) in [4.78, 5) is 47.6. The SMILES string of the molecule is COC(=O)c1ccccc1Nc1cc(C(=O)N2CCN(C(C)=O)CC2)ncn1. The first-order chi connectivity index (χ1) is 13.5. The van der Waals surface area contributed by atoms with Crippen molar-refractivity contribution in [3.63, 3.8) is 0 Å². The summed E-state index contributed by atoms with van der Waals surface area (Å²) in [5, 5.41) is 3.03. The Morgan fingerprint density at radius 1 is 1.04 bits per heavy atom. The number of rotatable bonds is 4. The highest BCUT2D eigenvalue weighted by Gasteiger charge is 2.24. The second-order valence-corrected chi connectivity index (χ2v) is 6.25. The fraction of sp³-hybridized carbons (Fsp3) is 0.316. The van der Waals surface area contributed by atoms with Crippen molar-refractivity contribution in [1.29, 1.82) is 0 Å². The summed E-state index contributed by atoms with van der Waals surface area (Å²) < 4.78 is 4.78. The topological polar surface area (TPSA) is 105 Å². The van der Waals surface area contributed by atoms with Gasteiger partial charge >= 0.3 is 5.97 Å². The van der Waals surface area contributed by atoms with Gasteiger partial charge in [-0.1, -0.05) is 12.1 Å². The molecule has 0 spiro atoms. The average Bonchev–Trinajstić information content (AvgIpc) is 2.73. The first-order valence-electron chi connectivity index (χ1n) is 8.81. The van der Waals surface area contributed by atoms with Gasteiger partial charge < -0.3 is 19.9 Å². The smallest absolute Gasteiger partial charge is 0.339 e. The lowest BCUT2D eigenvalue weighted by Crippen LogP contribution is -2.50. The van der Waals surface area contributed by atoms with E-state index in [1.54, 1.807) is 34.1 Å². The van der Waals surface area contributed by atoms with Gasteiger partial charge in [0, 0.05) is 39.2 Å². The molecular formula is C19H21N5O4. The van der Waals surface area contributed by atoms with Gasteiger partial charge in [-0.2, -0.15) is 0 Å². The maximum atomic E-state index is 12.7. The highest BCUT2D eigenvalue weighted by atomic mass is 16.5. The molecule has 146 valence electrons. The van der Waals surface area contributed by atoms with Crippen LogP contribution in [0.2, 0.25) is 0 Å².